The molecular weight excluding hydrogens is 344 g/mol. The van der Waals surface area contributed by atoms with Crippen molar-refractivity contribution in [2.45, 2.75) is 12.8 Å². The van der Waals surface area contributed by atoms with Gasteiger partial charge in [0.15, 0.2) is 0 Å². The van der Waals surface area contributed by atoms with Crippen molar-refractivity contribution in [3.8, 4) is 22.8 Å². The number of nitrogens with zero attached hydrogens (tertiary/aromatic N) is 3. The van der Waals surface area contributed by atoms with E-state index in [1.807, 2.05) is 36.4 Å². The molecule has 0 spiro atoms. The summed E-state index contributed by atoms with van der Waals surface area (Å²) in [6.45, 7) is 0.445. The van der Waals surface area contributed by atoms with E-state index in [9.17, 15) is 9.90 Å². The topological polar surface area (TPSA) is 92.5 Å². The second-order valence-electron chi connectivity index (χ2n) is 6.08. The van der Waals surface area contributed by atoms with E-state index in [0.717, 1.165) is 11.3 Å². The number of aromatic amines is 1. The van der Waals surface area contributed by atoms with Crippen LogP contribution in [-0.2, 0) is 6.42 Å². The number of aromatic nitrogens is 4. The predicted molar refractivity (Wildman–Crippen MR) is 101 cm³/mol. The van der Waals surface area contributed by atoms with Crippen molar-refractivity contribution in [3.63, 3.8) is 0 Å². The van der Waals surface area contributed by atoms with Crippen LogP contribution in [0.25, 0.3) is 16.8 Å². The third-order valence-electron chi connectivity index (χ3n) is 4.30. The smallest absolute Gasteiger partial charge is 0.258 e. The number of pyridine rings is 1. The second-order valence-corrected chi connectivity index (χ2v) is 6.08. The zero-order chi connectivity index (χ0) is 18.6. The van der Waals surface area contributed by atoms with Crippen molar-refractivity contribution >= 4 is 5.65 Å². The van der Waals surface area contributed by atoms with Crippen LogP contribution >= 0.6 is 0 Å². The summed E-state index contributed by atoms with van der Waals surface area (Å²) < 4.78 is 6.98. The highest BCUT2D eigenvalue weighted by Gasteiger charge is 2.16. The van der Waals surface area contributed by atoms with Gasteiger partial charge in [-0.1, -0.05) is 24.3 Å². The molecule has 0 radical (unpaired) electrons. The van der Waals surface area contributed by atoms with Gasteiger partial charge in [-0.3, -0.25) is 9.78 Å². The molecule has 0 unspecified atom stereocenters. The highest BCUT2D eigenvalue weighted by Crippen LogP contribution is 2.25. The summed E-state index contributed by atoms with van der Waals surface area (Å²) in [6, 6.07) is 13.1. The third-order valence-corrected chi connectivity index (χ3v) is 4.30. The Balaban J connectivity index is 1.55. The van der Waals surface area contributed by atoms with Gasteiger partial charge in [0.1, 0.15) is 11.4 Å². The summed E-state index contributed by atoms with van der Waals surface area (Å²) in [5.74, 6) is 0.628. The molecule has 0 aliphatic rings. The van der Waals surface area contributed by atoms with Crippen LogP contribution in [0, 0.1) is 0 Å². The SMILES string of the molecule is O=c1[nH]c2c(-c3cccnc3)cnn2c(O)c1CCCOc1ccccc1. The average Bonchev–Trinajstić information content (AvgIpc) is 3.12. The number of fused-ring (bicyclic) bond motifs is 1. The Bertz CT molecular complexity index is 1100. The second kappa shape index (κ2) is 7.33. The van der Waals surface area contributed by atoms with Gasteiger partial charge in [0.2, 0.25) is 5.88 Å². The van der Waals surface area contributed by atoms with E-state index < -0.39 is 0 Å². The summed E-state index contributed by atoms with van der Waals surface area (Å²) in [4.78, 5) is 19.4. The van der Waals surface area contributed by atoms with Crippen molar-refractivity contribution in [3.05, 3.63) is 77.0 Å². The van der Waals surface area contributed by atoms with E-state index in [1.165, 1.54) is 4.52 Å². The molecule has 1 aromatic carbocycles. The zero-order valence-electron chi connectivity index (χ0n) is 14.5. The summed E-state index contributed by atoms with van der Waals surface area (Å²) in [5, 5.41) is 14.7. The van der Waals surface area contributed by atoms with Crippen molar-refractivity contribution in [2.75, 3.05) is 6.61 Å². The van der Waals surface area contributed by atoms with Gasteiger partial charge in [-0.05, 0) is 31.0 Å². The molecule has 0 aliphatic carbocycles. The largest absolute Gasteiger partial charge is 0.494 e. The van der Waals surface area contributed by atoms with E-state index >= 15 is 0 Å². The number of benzene rings is 1. The molecule has 4 aromatic rings. The molecule has 0 bridgehead atoms. The molecule has 0 atom stereocenters. The summed E-state index contributed by atoms with van der Waals surface area (Å²) in [7, 11) is 0. The van der Waals surface area contributed by atoms with Crippen LogP contribution in [-0.4, -0.2) is 31.3 Å². The molecular formula is C20H18N4O3. The molecule has 27 heavy (non-hydrogen) atoms. The lowest BCUT2D eigenvalue weighted by Crippen LogP contribution is -2.17. The molecule has 136 valence electrons. The number of ether oxygens (including phenoxy) is 1. The zero-order valence-corrected chi connectivity index (χ0v) is 14.5. The summed E-state index contributed by atoms with van der Waals surface area (Å²) in [5.41, 5.74) is 1.92. The number of rotatable bonds is 6. The molecule has 0 saturated carbocycles. The van der Waals surface area contributed by atoms with Gasteiger partial charge in [-0.2, -0.15) is 9.61 Å². The number of para-hydroxylation sites is 1. The fourth-order valence-electron chi connectivity index (χ4n) is 2.96. The first-order valence-electron chi connectivity index (χ1n) is 8.64. The van der Waals surface area contributed by atoms with Crippen LogP contribution in [0.4, 0.5) is 0 Å². The maximum atomic E-state index is 12.5. The minimum atomic E-state index is -0.328. The Kier molecular flexibility index (Phi) is 4.57. The Morgan fingerprint density at radius 3 is 2.74 bits per heavy atom. The Morgan fingerprint density at radius 2 is 1.96 bits per heavy atom. The molecule has 0 amide bonds. The fraction of sp³-hybridized carbons (Fsp3) is 0.150. The Labute approximate surface area is 154 Å². The van der Waals surface area contributed by atoms with Gasteiger partial charge in [0, 0.05) is 23.5 Å². The molecule has 3 heterocycles. The molecule has 0 aliphatic heterocycles. The standard InChI is InChI=1S/C20H18N4O3/c25-19-16(9-5-11-27-15-7-2-1-3-8-15)20(26)24-18(23-19)17(13-22-24)14-6-4-10-21-12-14/h1-4,6-8,10,12-13,26H,5,9,11H2,(H,23,25). The minimum absolute atomic E-state index is 0.149. The van der Waals surface area contributed by atoms with Crippen LogP contribution in [0.2, 0.25) is 0 Å². The fourth-order valence-corrected chi connectivity index (χ4v) is 2.96. The summed E-state index contributed by atoms with van der Waals surface area (Å²) in [6.07, 6.45) is 5.93. The maximum Gasteiger partial charge on any atom is 0.258 e. The summed E-state index contributed by atoms with van der Waals surface area (Å²) >= 11 is 0. The van der Waals surface area contributed by atoms with Crippen LogP contribution in [0.15, 0.2) is 65.8 Å². The first kappa shape index (κ1) is 16.8. The first-order valence-corrected chi connectivity index (χ1v) is 8.64. The van der Waals surface area contributed by atoms with Crippen molar-refractivity contribution in [1.82, 2.24) is 19.6 Å². The quantitative estimate of drug-likeness (QED) is 0.515. The normalized spacial score (nSPS) is 11.0. The van der Waals surface area contributed by atoms with Crippen molar-refractivity contribution in [1.29, 1.82) is 0 Å². The van der Waals surface area contributed by atoms with Gasteiger partial charge >= 0.3 is 0 Å². The molecule has 3 aromatic heterocycles. The molecule has 0 saturated heterocycles. The maximum absolute atomic E-state index is 12.5. The molecule has 2 N–H and O–H groups in total. The van der Waals surface area contributed by atoms with E-state index in [1.54, 1.807) is 24.7 Å². The van der Waals surface area contributed by atoms with Gasteiger partial charge in [0.25, 0.3) is 5.56 Å². The van der Waals surface area contributed by atoms with Gasteiger partial charge < -0.3 is 14.8 Å². The average molecular weight is 362 g/mol. The van der Waals surface area contributed by atoms with Crippen LogP contribution in [0.1, 0.15) is 12.0 Å². The number of H-pyrrole nitrogens is 1. The minimum Gasteiger partial charge on any atom is -0.494 e. The predicted octanol–water partition coefficient (Wildman–Crippen LogP) is 2.80. The van der Waals surface area contributed by atoms with Gasteiger partial charge in [-0.15, -0.1) is 0 Å². The first-order chi connectivity index (χ1) is 13.2. The van der Waals surface area contributed by atoms with Crippen molar-refractivity contribution < 1.29 is 9.84 Å². The van der Waals surface area contributed by atoms with Crippen LogP contribution in [0.5, 0.6) is 11.6 Å². The Hall–Kier alpha value is -3.61. The highest BCUT2D eigenvalue weighted by molar-refractivity contribution is 5.76. The number of aromatic hydroxyl groups is 1. The van der Waals surface area contributed by atoms with Crippen molar-refractivity contribution in [2.24, 2.45) is 0 Å². The number of hydrogen-bond acceptors (Lipinski definition) is 5. The Morgan fingerprint density at radius 1 is 1.11 bits per heavy atom. The van der Waals surface area contributed by atoms with E-state index in [4.69, 9.17) is 4.74 Å². The molecule has 4 rings (SSSR count). The lowest BCUT2D eigenvalue weighted by molar-refractivity contribution is 0.309. The molecule has 7 nitrogen and oxygen atoms in total. The lowest BCUT2D eigenvalue weighted by Gasteiger charge is -2.08. The number of nitrogens with one attached hydrogen (secondary N) is 1. The van der Waals surface area contributed by atoms with Gasteiger partial charge in [0.05, 0.1) is 18.4 Å². The number of hydrogen-bond donors (Lipinski definition) is 2. The molecule has 7 heteroatoms. The van der Waals surface area contributed by atoms with E-state index in [0.29, 0.717) is 36.2 Å². The van der Waals surface area contributed by atoms with Crippen LogP contribution in [0.3, 0.4) is 0 Å². The monoisotopic (exact) mass is 362 g/mol. The third kappa shape index (κ3) is 3.39. The van der Waals surface area contributed by atoms with E-state index in [2.05, 4.69) is 15.1 Å². The van der Waals surface area contributed by atoms with Crippen LogP contribution < -0.4 is 10.3 Å². The molecule has 0 fully saturated rings. The highest BCUT2D eigenvalue weighted by atomic mass is 16.5. The van der Waals surface area contributed by atoms with E-state index in [-0.39, 0.29) is 11.4 Å². The van der Waals surface area contributed by atoms with Gasteiger partial charge in [-0.25, -0.2) is 0 Å². The lowest BCUT2D eigenvalue weighted by atomic mass is 10.1.